The second kappa shape index (κ2) is 14.0. The van der Waals surface area contributed by atoms with Crippen LogP contribution in [-0.2, 0) is 75.8 Å². The maximum Gasteiger partial charge on any atom is 2.00 e. The van der Waals surface area contributed by atoms with Gasteiger partial charge in [0, 0.05) is 30.9 Å². The standard InChI is InChI=1S/2C3H3N3S3.3Mg/c2*7-1-4-2(8)6-3(9)5-1;;;/h2*(H3,4,5,6,7,8,9);;;/q;;3*+2/p-6. The minimum absolute atomic E-state index is 0. The van der Waals surface area contributed by atoms with Gasteiger partial charge in [-0.05, 0) is 0 Å². The van der Waals surface area contributed by atoms with E-state index in [2.05, 4.69) is 106 Å². The van der Waals surface area contributed by atoms with E-state index in [1.54, 1.807) is 0 Å². The van der Waals surface area contributed by atoms with Crippen LogP contribution in [-0.4, -0.2) is 99.1 Å². The molecule has 0 atom stereocenters. The molecule has 0 amide bonds. The molecule has 0 bridgehead atoms. The molecule has 96 valence electrons. The zero-order valence-corrected chi connectivity index (χ0v) is 19.4. The largest absolute Gasteiger partial charge is 2.00 e. The summed E-state index contributed by atoms with van der Waals surface area (Å²) < 4.78 is 0. The van der Waals surface area contributed by atoms with E-state index in [-0.39, 0.29) is 100 Å². The first-order chi connectivity index (χ1) is 8.36. The Kier molecular flexibility index (Phi) is 18.4. The summed E-state index contributed by atoms with van der Waals surface area (Å²) in [5, 5.41) is 1.00. The van der Waals surface area contributed by atoms with Crippen LogP contribution in [0.2, 0.25) is 0 Å². The molecule has 0 N–H and O–H groups in total. The van der Waals surface area contributed by atoms with Crippen LogP contribution in [0.1, 0.15) is 0 Å². The van der Waals surface area contributed by atoms with Crippen LogP contribution in [0.15, 0.2) is 30.9 Å². The number of rotatable bonds is 0. The first kappa shape index (κ1) is 27.5. The number of aromatic nitrogens is 6. The van der Waals surface area contributed by atoms with Crippen molar-refractivity contribution in [3.63, 3.8) is 0 Å². The second-order valence-corrected chi connectivity index (χ2v) is 4.56. The molecule has 0 aliphatic rings. The van der Waals surface area contributed by atoms with Crippen molar-refractivity contribution in [3.8, 4) is 0 Å². The van der Waals surface area contributed by atoms with E-state index in [9.17, 15) is 0 Å². The van der Waals surface area contributed by atoms with Gasteiger partial charge in [-0.25, -0.2) is 0 Å². The van der Waals surface area contributed by atoms with E-state index >= 15 is 0 Å². The van der Waals surface area contributed by atoms with Gasteiger partial charge in [-0.3, -0.25) is 29.9 Å². The quantitative estimate of drug-likeness (QED) is 0.350. The third kappa shape index (κ3) is 12.7. The summed E-state index contributed by atoms with van der Waals surface area (Å²) in [5.74, 6) is 0. The van der Waals surface area contributed by atoms with Crippen molar-refractivity contribution in [1.82, 2.24) is 29.9 Å². The van der Waals surface area contributed by atoms with Crippen LogP contribution in [0.3, 0.4) is 0 Å². The molecular formula is C6Mg3N6S6. The van der Waals surface area contributed by atoms with Gasteiger partial charge in [0.05, 0.1) is 0 Å². The van der Waals surface area contributed by atoms with Crippen molar-refractivity contribution >= 4 is 145 Å². The normalized spacial score (nSPS) is 8.00. The molecule has 0 radical (unpaired) electrons. The van der Waals surface area contributed by atoms with E-state index in [0.29, 0.717) is 0 Å². The average molecular weight is 421 g/mol. The SMILES string of the molecule is [Mg+2].[Mg+2].[Mg+2].[S-]c1nc([S-])nc([S-])n1.[S-]c1nc([S-])nc([S-])n1. The zero-order valence-electron chi connectivity index (χ0n) is 10.3. The minimum Gasteiger partial charge on any atom is -0.740 e. The Labute approximate surface area is 203 Å². The first-order valence-corrected chi connectivity index (χ1v) is 6.36. The molecular weight excluding hydrogens is 421 g/mol. The van der Waals surface area contributed by atoms with E-state index < -0.39 is 0 Å². The molecule has 0 fully saturated rings. The molecule has 0 aliphatic heterocycles. The van der Waals surface area contributed by atoms with Crippen LogP contribution in [0, 0.1) is 0 Å². The maximum atomic E-state index is 4.59. The molecule has 2 rings (SSSR count). The van der Waals surface area contributed by atoms with Crippen molar-refractivity contribution in [2.45, 2.75) is 30.9 Å². The van der Waals surface area contributed by atoms with Gasteiger partial charge in [-0.1, -0.05) is 0 Å². The molecule has 15 heteroatoms. The van der Waals surface area contributed by atoms with Gasteiger partial charge in [0.15, 0.2) is 0 Å². The monoisotopic (exact) mass is 420 g/mol. The predicted molar refractivity (Wildman–Crippen MR) is 90.7 cm³/mol. The summed E-state index contributed by atoms with van der Waals surface area (Å²) in [6.45, 7) is 0. The first-order valence-electron chi connectivity index (χ1n) is 3.91. The molecule has 0 spiro atoms. The van der Waals surface area contributed by atoms with Crippen molar-refractivity contribution in [1.29, 1.82) is 0 Å². The van der Waals surface area contributed by atoms with E-state index in [1.165, 1.54) is 0 Å². The fourth-order valence-electron chi connectivity index (χ4n) is 0.641. The molecule has 2 aromatic heterocycles. The number of hydrogen-bond acceptors (Lipinski definition) is 12. The van der Waals surface area contributed by atoms with Crippen LogP contribution in [0.5, 0.6) is 0 Å². The molecule has 6 nitrogen and oxygen atoms in total. The van der Waals surface area contributed by atoms with Crippen molar-refractivity contribution in [2.75, 3.05) is 0 Å². The van der Waals surface area contributed by atoms with Gasteiger partial charge in [0.25, 0.3) is 0 Å². The van der Waals surface area contributed by atoms with Crippen LogP contribution < -0.4 is 0 Å². The molecule has 2 aromatic rings. The third-order valence-corrected chi connectivity index (χ3v) is 2.24. The Morgan fingerprint density at radius 1 is 0.333 bits per heavy atom. The third-order valence-electron chi connectivity index (χ3n) is 1.15. The van der Waals surface area contributed by atoms with Crippen LogP contribution in [0.25, 0.3) is 0 Å². The Morgan fingerprint density at radius 3 is 0.524 bits per heavy atom. The average Bonchev–Trinajstić information content (AvgIpc) is 2.12. The fraction of sp³-hybridized carbons (Fsp3) is 0. The Bertz CT molecular complexity index is 412. The minimum atomic E-state index is 0. The van der Waals surface area contributed by atoms with Crippen LogP contribution in [0.4, 0.5) is 0 Å². The van der Waals surface area contributed by atoms with Gasteiger partial charge in [-0.2, -0.15) is 0 Å². The summed E-state index contributed by atoms with van der Waals surface area (Å²) >= 11 is 27.5. The molecule has 0 aromatic carbocycles. The smallest absolute Gasteiger partial charge is 0.740 e. The maximum absolute atomic E-state index is 4.59. The fourth-order valence-corrected chi connectivity index (χ4v) is 2.03. The number of hydrogen-bond donors (Lipinski definition) is 0. The van der Waals surface area contributed by atoms with Crippen LogP contribution >= 0.6 is 0 Å². The van der Waals surface area contributed by atoms with Gasteiger partial charge in [0.2, 0.25) is 0 Å². The Balaban J connectivity index is -0.000000270. The van der Waals surface area contributed by atoms with E-state index in [0.717, 1.165) is 0 Å². The van der Waals surface area contributed by atoms with Gasteiger partial charge < -0.3 is 75.8 Å². The van der Waals surface area contributed by atoms with Crippen molar-refractivity contribution in [2.24, 2.45) is 0 Å². The summed E-state index contributed by atoms with van der Waals surface area (Å²) in [6, 6.07) is 0. The predicted octanol–water partition coefficient (Wildman–Crippen LogP) is -1.96. The Hall–Kier alpha value is 1.64. The molecule has 21 heavy (non-hydrogen) atoms. The molecule has 2 heterocycles. The van der Waals surface area contributed by atoms with Gasteiger partial charge in [0.1, 0.15) is 0 Å². The summed E-state index contributed by atoms with van der Waals surface area (Å²) in [7, 11) is 0. The molecule has 0 aliphatic carbocycles. The summed E-state index contributed by atoms with van der Waals surface area (Å²) in [6.07, 6.45) is 0. The molecule has 0 saturated carbocycles. The topological polar surface area (TPSA) is 77.3 Å². The van der Waals surface area contributed by atoms with Gasteiger partial charge in [-0.15, -0.1) is 0 Å². The zero-order chi connectivity index (χ0) is 13.7. The summed E-state index contributed by atoms with van der Waals surface area (Å²) in [4.78, 5) is 21.5. The second-order valence-electron chi connectivity index (χ2n) is 2.37. The van der Waals surface area contributed by atoms with Gasteiger partial charge >= 0.3 is 69.2 Å². The summed E-state index contributed by atoms with van der Waals surface area (Å²) in [5.41, 5.74) is 0. The van der Waals surface area contributed by atoms with Crippen molar-refractivity contribution < 1.29 is 0 Å². The Morgan fingerprint density at radius 2 is 0.429 bits per heavy atom. The van der Waals surface area contributed by atoms with Crippen molar-refractivity contribution in [3.05, 3.63) is 0 Å². The molecule has 0 saturated heterocycles. The van der Waals surface area contributed by atoms with E-state index in [1.807, 2.05) is 0 Å². The number of nitrogens with zero attached hydrogens (tertiary/aromatic N) is 6. The van der Waals surface area contributed by atoms with E-state index in [4.69, 9.17) is 0 Å². The molecule has 0 unspecified atom stereocenters.